The first-order chi connectivity index (χ1) is 9.99. The van der Waals surface area contributed by atoms with E-state index in [2.05, 4.69) is 57.3 Å². The molecule has 2 unspecified atom stereocenters. The van der Waals surface area contributed by atoms with Crippen molar-refractivity contribution in [2.24, 2.45) is 0 Å². The Balaban J connectivity index is 2.07. The molecule has 0 fully saturated rings. The highest BCUT2D eigenvalue weighted by molar-refractivity contribution is 5.34. The van der Waals surface area contributed by atoms with Crippen LogP contribution in [0.3, 0.4) is 0 Å². The summed E-state index contributed by atoms with van der Waals surface area (Å²) in [6, 6.07) is 16.6. The third kappa shape index (κ3) is 3.85. The molecule has 0 aliphatic rings. The summed E-state index contributed by atoms with van der Waals surface area (Å²) in [5.74, 6) is 0.905. The molecule has 0 aliphatic carbocycles. The van der Waals surface area contributed by atoms with Gasteiger partial charge in [0.05, 0.1) is 0 Å². The van der Waals surface area contributed by atoms with Gasteiger partial charge in [0.2, 0.25) is 0 Å². The Morgan fingerprint density at radius 1 is 0.762 bits per heavy atom. The predicted octanol–water partition coefficient (Wildman–Crippen LogP) is 4.93. The van der Waals surface area contributed by atoms with E-state index in [1.165, 1.54) is 11.1 Å². The van der Waals surface area contributed by atoms with Crippen molar-refractivity contribution in [2.75, 3.05) is 0 Å². The minimum atomic E-state index is 0.103. The van der Waals surface area contributed by atoms with Gasteiger partial charge in [-0.05, 0) is 37.0 Å². The van der Waals surface area contributed by atoms with Crippen molar-refractivity contribution in [1.82, 2.24) is 5.32 Å². The predicted molar refractivity (Wildman–Crippen MR) is 88.6 cm³/mol. The zero-order chi connectivity index (χ0) is 15.4. The second-order valence-corrected chi connectivity index (χ2v) is 5.99. The quantitative estimate of drug-likeness (QED) is 0.815. The van der Waals surface area contributed by atoms with Crippen LogP contribution in [0.15, 0.2) is 48.5 Å². The van der Waals surface area contributed by atoms with Crippen molar-refractivity contribution in [3.05, 3.63) is 65.2 Å². The van der Waals surface area contributed by atoms with Gasteiger partial charge in [0, 0.05) is 17.6 Å². The molecule has 2 N–H and O–H groups in total. The second-order valence-electron chi connectivity index (χ2n) is 5.99. The molecule has 0 aromatic heterocycles. The van der Waals surface area contributed by atoms with Gasteiger partial charge in [-0.2, -0.15) is 0 Å². The van der Waals surface area contributed by atoms with E-state index < -0.39 is 0 Å². The van der Waals surface area contributed by atoms with Gasteiger partial charge in [-0.15, -0.1) is 0 Å². The monoisotopic (exact) mass is 283 g/mol. The summed E-state index contributed by atoms with van der Waals surface area (Å²) in [7, 11) is 0. The summed E-state index contributed by atoms with van der Waals surface area (Å²) in [5, 5.41) is 13.5. The molecular weight excluding hydrogens is 258 g/mol. The smallest absolute Gasteiger partial charge is 0.120 e. The molecule has 0 aliphatic heterocycles. The van der Waals surface area contributed by atoms with Crippen LogP contribution >= 0.6 is 0 Å². The molecule has 0 radical (unpaired) electrons. The molecule has 0 spiro atoms. The molecule has 0 saturated carbocycles. The molecule has 0 bridgehead atoms. The number of benzene rings is 2. The van der Waals surface area contributed by atoms with E-state index >= 15 is 0 Å². The number of hydrogen-bond acceptors (Lipinski definition) is 2. The van der Waals surface area contributed by atoms with Crippen LogP contribution in [0.25, 0.3) is 0 Å². The van der Waals surface area contributed by atoms with Crippen LogP contribution in [0.5, 0.6) is 5.75 Å². The Hall–Kier alpha value is -1.80. The van der Waals surface area contributed by atoms with Gasteiger partial charge >= 0.3 is 0 Å². The minimum absolute atomic E-state index is 0.103. The first-order valence-corrected chi connectivity index (χ1v) is 7.63. The molecule has 2 atom stereocenters. The Labute approximate surface area is 127 Å². The Morgan fingerprint density at radius 2 is 1.33 bits per heavy atom. The number of phenolic OH excluding ortho intramolecular Hbond substituents is 1. The van der Waals surface area contributed by atoms with Crippen molar-refractivity contribution in [3.8, 4) is 5.75 Å². The van der Waals surface area contributed by atoms with Crippen molar-refractivity contribution < 1.29 is 5.11 Å². The van der Waals surface area contributed by atoms with Gasteiger partial charge in [0.1, 0.15) is 5.75 Å². The van der Waals surface area contributed by atoms with Crippen LogP contribution in [0.1, 0.15) is 62.4 Å². The average molecular weight is 283 g/mol. The summed E-state index contributed by atoms with van der Waals surface area (Å²) in [6.45, 7) is 8.64. The number of hydrogen-bond donors (Lipinski definition) is 2. The van der Waals surface area contributed by atoms with E-state index in [0.717, 1.165) is 5.56 Å². The fraction of sp³-hybridized carbons (Fsp3) is 0.368. The molecule has 112 valence electrons. The van der Waals surface area contributed by atoms with Crippen molar-refractivity contribution in [3.63, 3.8) is 0 Å². The summed E-state index contributed by atoms with van der Waals surface area (Å²) in [4.78, 5) is 0. The fourth-order valence-corrected chi connectivity index (χ4v) is 2.58. The molecule has 0 heterocycles. The van der Waals surface area contributed by atoms with Gasteiger partial charge in [0.25, 0.3) is 0 Å². The minimum Gasteiger partial charge on any atom is -0.508 e. The molecule has 2 aromatic carbocycles. The van der Waals surface area contributed by atoms with Crippen molar-refractivity contribution >= 4 is 0 Å². The number of rotatable bonds is 5. The van der Waals surface area contributed by atoms with E-state index in [9.17, 15) is 5.11 Å². The highest BCUT2D eigenvalue weighted by atomic mass is 16.3. The second kappa shape index (κ2) is 6.77. The van der Waals surface area contributed by atoms with E-state index in [4.69, 9.17) is 0 Å². The van der Waals surface area contributed by atoms with Crippen LogP contribution in [-0.2, 0) is 0 Å². The summed E-state index contributed by atoms with van der Waals surface area (Å²) < 4.78 is 0. The number of phenols is 1. The molecule has 2 aromatic rings. The zero-order valence-corrected chi connectivity index (χ0v) is 13.3. The largest absolute Gasteiger partial charge is 0.508 e. The standard InChI is InChI=1S/C19H25NO/c1-13(2)16-9-11-17(12-10-16)14(3)20-15(4)18-7-5-6-8-19(18)21/h5-15,20-21H,1-4H3. The lowest BCUT2D eigenvalue weighted by Crippen LogP contribution is -2.22. The van der Waals surface area contributed by atoms with Crippen LogP contribution in [0.2, 0.25) is 0 Å². The van der Waals surface area contributed by atoms with Crippen molar-refractivity contribution in [1.29, 1.82) is 0 Å². The number of aromatic hydroxyl groups is 1. The summed E-state index contributed by atoms with van der Waals surface area (Å²) in [6.07, 6.45) is 0. The van der Waals surface area contributed by atoms with Crippen LogP contribution in [0, 0.1) is 0 Å². The normalized spacial score (nSPS) is 14.1. The van der Waals surface area contributed by atoms with Crippen LogP contribution in [-0.4, -0.2) is 5.11 Å². The van der Waals surface area contributed by atoms with Gasteiger partial charge in [-0.25, -0.2) is 0 Å². The highest BCUT2D eigenvalue weighted by Gasteiger charge is 2.13. The van der Waals surface area contributed by atoms with E-state index in [1.54, 1.807) is 6.07 Å². The van der Waals surface area contributed by atoms with Gasteiger partial charge in [-0.1, -0.05) is 56.3 Å². The maximum atomic E-state index is 9.92. The lowest BCUT2D eigenvalue weighted by atomic mass is 9.98. The Bertz CT molecular complexity index is 574. The summed E-state index contributed by atoms with van der Waals surface area (Å²) >= 11 is 0. The molecular formula is C19H25NO. The SMILES string of the molecule is CC(C)c1ccc(C(C)NC(C)c2ccccc2O)cc1. The molecule has 2 rings (SSSR count). The molecule has 0 saturated heterocycles. The Morgan fingerprint density at radius 3 is 1.90 bits per heavy atom. The molecule has 0 amide bonds. The third-order valence-corrected chi connectivity index (χ3v) is 4.01. The van der Waals surface area contributed by atoms with E-state index in [-0.39, 0.29) is 12.1 Å². The topological polar surface area (TPSA) is 32.3 Å². The van der Waals surface area contributed by atoms with Gasteiger partial charge < -0.3 is 10.4 Å². The lowest BCUT2D eigenvalue weighted by molar-refractivity contribution is 0.438. The fourth-order valence-electron chi connectivity index (χ4n) is 2.58. The lowest BCUT2D eigenvalue weighted by Gasteiger charge is -2.22. The Kier molecular flexibility index (Phi) is 5.03. The number of para-hydroxylation sites is 1. The van der Waals surface area contributed by atoms with Gasteiger partial charge in [0.15, 0.2) is 0 Å². The van der Waals surface area contributed by atoms with Gasteiger partial charge in [-0.3, -0.25) is 0 Å². The average Bonchev–Trinajstić information content (AvgIpc) is 2.47. The summed E-state index contributed by atoms with van der Waals surface area (Å²) in [5.41, 5.74) is 3.56. The first-order valence-electron chi connectivity index (χ1n) is 7.63. The molecule has 2 heteroatoms. The highest BCUT2D eigenvalue weighted by Crippen LogP contribution is 2.26. The van der Waals surface area contributed by atoms with Crippen molar-refractivity contribution in [2.45, 2.75) is 45.7 Å². The number of nitrogens with one attached hydrogen (secondary N) is 1. The zero-order valence-electron chi connectivity index (χ0n) is 13.3. The van der Waals surface area contributed by atoms with Crippen LogP contribution < -0.4 is 5.32 Å². The maximum Gasteiger partial charge on any atom is 0.120 e. The first kappa shape index (κ1) is 15.6. The van der Waals surface area contributed by atoms with Crippen LogP contribution in [0.4, 0.5) is 0 Å². The molecule has 2 nitrogen and oxygen atoms in total. The van der Waals surface area contributed by atoms with E-state index in [1.807, 2.05) is 18.2 Å². The van der Waals surface area contributed by atoms with E-state index in [0.29, 0.717) is 11.7 Å². The molecule has 21 heavy (non-hydrogen) atoms. The maximum absolute atomic E-state index is 9.92. The third-order valence-electron chi connectivity index (χ3n) is 4.01.